The van der Waals surface area contributed by atoms with E-state index in [4.69, 9.17) is 0 Å². The summed E-state index contributed by atoms with van der Waals surface area (Å²) in [6.45, 7) is 0. The van der Waals surface area contributed by atoms with Gasteiger partial charge in [-0.05, 0) is 0 Å². The van der Waals surface area contributed by atoms with E-state index < -0.39 is 38.7 Å². The van der Waals surface area contributed by atoms with E-state index >= 15 is 0 Å². The maximum absolute atomic E-state index is 13.1. The Morgan fingerprint density at radius 2 is 2.06 bits per heavy atom. The van der Waals surface area contributed by atoms with Gasteiger partial charge in [0.1, 0.15) is 11.3 Å². The van der Waals surface area contributed by atoms with Crippen LogP contribution in [0.5, 0.6) is 5.75 Å². The zero-order valence-electron chi connectivity index (χ0n) is 7.95. The Bertz CT molecular complexity index is 504. The van der Waals surface area contributed by atoms with Crippen molar-refractivity contribution < 1.29 is 26.3 Å². The maximum atomic E-state index is 13.1. The molecule has 1 heterocycles. The van der Waals surface area contributed by atoms with Crippen molar-refractivity contribution in [3.05, 3.63) is 17.6 Å². The van der Waals surface area contributed by atoms with E-state index in [1.165, 1.54) is 0 Å². The highest BCUT2D eigenvalue weighted by Crippen LogP contribution is 2.31. The van der Waals surface area contributed by atoms with Crippen molar-refractivity contribution in [1.29, 1.82) is 0 Å². The lowest BCUT2D eigenvalue weighted by Gasteiger charge is -2.09. The first-order valence-corrected chi connectivity index (χ1v) is 5.37. The van der Waals surface area contributed by atoms with Crippen LogP contribution < -0.4 is 9.88 Å². The lowest BCUT2D eigenvalue weighted by molar-refractivity contribution is 0.140. The summed E-state index contributed by atoms with van der Waals surface area (Å²) in [7, 11) is -3.28. The van der Waals surface area contributed by atoms with Crippen LogP contribution in [0.4, 0.5) is 13.2 Å². The van der Waals surface area contributed by atoms with Crippen molar-refractivity contribution in [3.8, 4) is 5.75 Å². The van der Waals surface area contributed by atoms with E-state index in [0.29, 0.717) is 6.07 Å². The standard InChI is InChI=1S/C7H7F3N2O3S/c1-15-3-2-4(16(11,13)14)12-7(10)5(3)6(8)9/h2,6H,1H3,(H2,11,13,14). The fourth-order valence-corrected chi connectivity index (χ4v) is 1.47. The number of nitrogens with two attached hydrogens (primary N) is 1. The molecule has 0 bridgehead atoms. The molecular weight excluding hydrogens is 249 g/mol. The van der Waals surface area contributed by atoms with Crippen molar-refractivity contribution in [3.63, 3.8) is 0 Å². The van der Waals surface area contributed by atoms with E-state index in [1.807, 2.05) is 0 Å². The van der Waals surface area contributed by atoms with Gasteiger partial charge in [0.25, 0.3) is 16.4 Å². The molecule has 0 saturated carbocycles. The molecule has 0 aliphatic heterocycles. The molecule has 90 valence electrons. The normalized spacial score (nSPS) is 11.9. The number of alkyl halides is 2. The highest BCUT2D eigenvalue weighted by Gasteiger charge is 2.24. The Hall–Kier alpha value is -1.35. The first-order chi connectivity index (χ1) is 7.27. The Morgan fingerprint density at radius 3 is 2.44 bits per heavy atom. The average molecular weight is 256 g/mol. The number of methoxy groups -OCH3 is 1. The van der Waals surface area contributed by atoms with Crippen LogP contribution >= 0.6 is 0 Å². The summed E-state index contributed by atoms with van der Waals surface area (Å²) in [4.78, 5) is 2.83. The first kappa shape index (κ1) is 12.7. The Balaban J connectivity index is 3.50. The molecule has 0 aliphatic rings. The van der Waals surface area contributed by atoms with Crippen LogP contribution in [0.1, 0.15) is 12.0 Å². The summed E-state index contributed by atoms with van der Waals surface area (Å²) in [6, 6.07) is 0.639. The summed E-state index contributed by atoms with van der Waals surface area (Å²) in [5.41, 5.74) is -1.10. The van der Waals surface area contributed by atoms with E-state index in [2.05, 4.69) is 14.9 Å². The van der Waals surface area contributed by atoms with Crippen LogP contribution in [0.3, 0.4) is 0 Å². The smallest absolute Gasteiger partial charge is 0.271 e. The van der Waals surface area contributed by atoms with Crippen LogP contribution in [0.25, 0.3) is 0 Å². The van der Waals surface area contributed by atoms with Crippen molar-refractivity contribution in [2.24, 2.45) is 5.14 Å². The zero-order valence-corrected chi connectivity index (χ0v) is 8.76. The van der Waals surface area contributed by atoms with Crippen LogP contribution in [-0.2, 0) is 10.0 Å². The molecule has 1 aromatic heterocycles. The topological polar surface area (TPSA) is 82.3 Å². The summed E-state index contributed by atoms with van der Waals surface area (Å²) in [5, 5.41) is 3.81. The van der Waals surface area contributed by atoms with Crippen molar-refractivity contribution >= 4 is 10.0 Å². The quantitative estimate of drug-likeness (QED) is 0.811. The zero-order chi connectivity index (χ0) is 12.5. The average Bonchev–Trinajstić information content (AvgIpc) is 2.14. The van der Waals surface area contributed by atoms with Gasteiger partial charge in [-0.2, -0.15) is 4.39 Å². The van der Waals surface area contributed by atoms with Crippen LogP contribution in [0.2, 0.25) is 0 Å². The van der Waals surface area contributed by atoms with Gasteiger partial charge in [-0.15, -0.1) is 0 Å². The highest BCUT2D eigenvalue weighted by atomic mass is 32.2. The van der Waals surface area contributed by atoms with Crippen molar-refractivity contribution in [2.45, 2.75) is 11.5 Å². The SMILES string of the molecule is COc1cc(S(N)(=O)=O)nc(F)c1C(F)F. The third kappa shape index (κ3) is 2.42. The molecule has 0 radical (unpaired) electrons. The molecular formula is C7H7F3N2O3S. The molecule has 0 fully saturated rings. The highest BCUT2D eigenvalue weighted by molar-refractivity contribution is 7.89. The minimum Gasteiger partial charge on any atom is -0.496 e. The molecule has 0 aromatic carbocycles. The number of primary sulfonamides is 1. The third-order valence-electron chi connectivity index (χ3n) is 1.68. The number of aromatic nitrogens is 1. The predicted molar refractivity (Wildman–Crippen MR) is 47.1 cm³/mol. The first-order valence-electron chi connectivity index (χ1n) is 3.82. The van der Waals surface area contributed by atoms with Gasteiger partial charge in [0.05, 0.1) is 7.11 Å². The minimum absolute atomic E-state index is 0.619. The second-order valence-electron chi connectivity index (χ2n) is 2.71. The van der Waals surface area contributed by atoms with Crippen LogP contribution in [0.15, 0.2) is 11.1 Å². The molecule has 0 unspecified atom stereocenters. The van der Waals surface area contributed by atoms with Gasteiger partial charge < -0.3 is 4.74 Å². The Kier molecular flexibility index (Phi) is 3.38. The third-order valence-corrected chi connectivity index (χ3v) is 2.47. The molecule has 0 aliphatic carbocycles. The second kappa shape index (κ2) is 4.26. The molecule has 0 amide bonds. The summed E-state index contributed by atoms with van der Waals surface area (Å²) in [6.07, 6.45) is -3.17. The molecule has 0 saturated heterocycles. The van der Waals surface area contributed by atoms with Gasteiger partial charge in [0, 0.05) is 6.07 Å². The van der Waals surface area contributed by atoms with Gasteiger partial charge >= 0.3 is 0 Å². The van der Waals surface area contributed by atoms with Gasteiger partial charge in [0.2, 0.25) is 5.95 Å². The molecule has 0 spiro atoms. The Morgan fingerprint density at radius 1 is 1.50 bits per heavy atom. The number of sulfonamides is 1. The van der Waals surface area contributed by atoms with Crippen molar-refractivity contribution in [1.82, 2.24) is 4.98 Å². The monoisotopic (exact) mass is 256 g/mol. The Labute approximate surface area is 89.1 Å². The molecule has 9 heteroatoms. The molecule has 5 nitrogen and oxygen atoms in total. The molecule has 1 aromatic rings. The predicted octanol–water partition coefficient (Wildman–Crippen LogP) is 0.814. The van der Waals surface area contributed by atoms with Gasteiger partial charge in [-0.1, -0.05) is 0 Å². The fourth-order valence-electron chi connectivity index (χ4n) is 0.993. The number of nitrogens with zero attached hydrogens (tertiary/aromatic N) is 1. The number of pyridine rings is 1. The van der Waals surface area contributed by atoms with Gasteiger partial charge in [0.15, 0.2) is 5.03 Å². The molecule has 1 rings (SSSR count). The second-order valence-corrected chi connectivity index (χ2v) is 4.22. The summed E-state index contributed by atoms with van der Waals surface area (Å²) >= 11 is 0. The van der Waals surface area contributed by atoms with E-state index in [9.17, 15) is 21.6 Å². The maximum Gasteiger partial charge on any atom is 0.271 e. The van der Waals surface area contributed by atoms with Crippen molar-refractivity contribution in [2.75, 3.05) is 7.11 Å². The summed E-state index contributed by atoms with van der Waals surface area (Å²) in [5.74, 6) is -2.25. The van der Waals surface area contributed by atoms with E-state index in [-0.39, 0.29) is 0 Å². The van der Waals surface area contributed by atoms with Crippen LogP contribution in [0, 0.1) is 5.95 Å². The van der Waals surface area contributed by atoms with Gasteiger partial charge in [-0.3, -0.25) is 0 Å². The summed E-state index contributed by atoms with van der Waals surface area (Å²) < 4.78 is 63.9. The van der Waals surface area contributed by atoms with E-state index in [0.717, 1.165) is 7.11 Å². The molecule has 16 heavy (non-hydrogen) atoms. The number of hydrogen-bond donors (Lipinski definition) is 1. The molecule has 2 N–H and O–H groups in total. The van der Waals surface area contributed by atoms with Crippen LogP contribution in [-0.4, -0.2) is 20.5 Å². The molecule has 0 atom stereocenters. The van der Waals surface area contributed by atoms with E-state index in [1.54, 1.807) is 0 Å². The largest absolute Gasteiger partial charge is 0.496 e. The number of rotatable bonds is 3. The minimum atomic E-state index is -4.28. The number of ether oxygens (including phenoxy) is 1. The lowest BCUT2D eigenvalue weighted by Crippen LogP contribution is -2.16. The fraction of sp³-hybridized carbons (Fsp3) is 0.286. The van der Waals surface area contributed by atoms with Gasteiger partial charge in [-0.25, -0.2) is 27.3 Å². The number of hydrogen-bond acceptors (Lipinski definition) is 4. The lowest BCUT2D eigenvalue weighted by atomic mass is 10.2. The number of halogens is 3.